The summed E-state index contributed by atoms with van der Waals surface area (Å²) in [5.74, 6) is -0.826. The Labute approximate surface area is 134 Å². The lowest BCUT2D eigenvalue weighted by molar-refractivity contribution is -0.136. The summed E-state index contributed by atoms with van der Waals surface area (Å²) < 4.78 is 1.02. The lowest BCUT2D eigenvalue weighted by Crippen LogP contribution is -2.00. The van der Waals surface area contributed by atoms with E-state index in [1.807, 2.05) is 30.3 Å². The Bertz CT molecular complexity index is 677. The summed E-state index contributed by atoms with van der Waals surface area (Å²) in [5.41, 5.74) is 1.44. The van der Waals surface area contributed by atoms with Gasteiger partial charge in [-0.3, -0.25) is 4.79 Å². The molecule has 0 saturated carbocycles. The number of aliphatic carboxylic acids is 1. The van der Waals surface area contributed by atoms with Crippen molar-refractivity contribution in [2.75, 3.05) is 0 Å². The molecule has 0 radical (unpaired) electrons. The molecule has 20 heavy (non-hydrogen) atoms. The Morgan fingerprint density at radius 3 is 2.50 bits per heavy atom. The number of nitrogens with zero attached hydrogens (tertiary/aromatic N) is 1. The first-order valence-electron chi connectivity index (χ1n) is 5.77. The van der Waals surface area contributed by atoms with E-state index in [1.54, 1.807) is 23.9 Å². The number of benzene rings is 2. The third kappa shape index (κ3) is 3.99. The van der Waals surface area contributed by atoms with Crippen LogP contribution in [0.4, 0.5) is 0 Å². The topological polar surface area (TPSA) is 61.1 Å². The molecule has 5 heteroatoms. The molecule has 0 bridgehead atoms. The minimum Gasteiger partial charge on any atom is -0.481 e. The molecule has 0 aliphatic rings. The molecule has 0 aromatic heterocycles. The first kappa shape index (κ1) is 14.9. The zero-order chi connectivity index (χ0) is 14.5. The van der Waals surface area contributed by atoms with Crippen molar-refractivity contribution in [3.05, 3.63) is 57.2 Å². The molecule has 0 fully saturated rings. The van der Waals surface area contributed by atoms with Crippen LogP contribution in [0, 0.1) is 14.9 Å². The first-order chi connectivity index (χ1) is 9.58. The van der Waals surface area contributed by atoms with Crippen molar-refractivity contribution in [2.24, 2.45) is 0 Å². The number of hydrogen-bond donors (Lipinski definition) is 1. The quantitative estimate of drug-likeness (QED) is 0.797. The molecule has 3 nitrogen and oxygen atoms in total. The van der Waals surface area contributed by atoms with Gasteiger partial charge in [-0.05, 0) is 64.6 Å². The minimum absolute atomic E-state index is 0.0395. The van der Waals surface area contributed by atoms with Crippen molar-refractivity contribution >= 4 is 40.3 Å². The minimum atomic E-state index is -0.826. The summed E-state index contributed by atoms with van der Waals surface area (Å²) in [6.07, 6.45) is 0.0395. The molecule has 2 aromatic carbocycles. The van der Waals surface area contributed by atoms with Gasteiger partial charge in [-0.25, -0.2) is 0 Å². The zero-order valence-electron chi connectivity index (χ0n) is 10.3. The van der Waals surface area contributed by atoms with Gasteiger partial charge >= 0.3 is 5.97 Å². The van der Waals surface area contributed by atoms with Crippen LogP contribution in [-0.4, -0.2) is 11.1 Å². The lowest BCUT2D eigenvalue weighted by atomic mass is 10.2. The lowest BCUT2D eigenvalue weighted by Gasteiger charge is -2.06. The zero-order valence-corrected chi connectivity index (χ0v) is 13.3. The van der Waals surface area contributed by atoms with Gasteiger partial charge in [0.15, 0.2) is 0 Å². The Hall–Kier alpha value is -1.52. The molecule has 0 unspecified atom stereocenters. The number of carboxylic acid groups (broad SMARTS) is 1. The van der Waals surface area contributed by atoms with E-state index in [-0.39, 0.29) is 6.42 Å². The van der Waals surface area contributed by atoms with Crippen LogP contribution in [0.1, 0.15) is 11.1 Å². The molecule has 0 spiro atoms. The number of hydrogen-bond acceptors (Lipinski definition) is 3. The second kappa shape index (κ2) is 6.77. The average Bonchev–Trinajstić information content (AvgIpc) is 2.42. The fourth-order valence-corrected chi connectivity index (χ4v) is 3.36. The van der Waals surface area contributed by atoms with Crippen LogP contribution in [0.5, 0.6) is 0 Å². The van der Waals surface area contributed by atoms with Crippen LogP contribution in [0.25, 0.3) is 0 Å². The average molecular weight is 395 g/mol. The predicted octanol–water partition coefficient (Wildman–Crippen LogP) is 3.94. The Morgan fingerprint density at radius 1 is 1.25 bits per heavy atom. The third-order valence-electron chi connectivity index (χ3n) is 2.56. The Morgan fingerprint density at radius 2 is 1.95 bits per heavy atom. The van der Waals surface area contributed by atoms with E-state index in [4.69, 9.17) is 10.4 Å². The van der Waals surface area contributed by atoms with Crippen molar-refractivity contribution in [1.29, 1.82) is 5.26 Å². The highest BCUT2D eigenvalue weighted by atomic mass is 127. The fraction of sp³-hybridized carbons (Fsp3) is 0.0667. The van der Waals surface area contributed by atoms with Gasteiger partial charge in [0.1, 0.15) is 0 Å². The number of carbonyl (C=O) groups is 1. The highest BCUT2D eigenvalue weighted by Crippen LogP contribution is 2.32. The molecule has 0 saturated heterocycles. The van der Waals surface area contributed by atoms with E-state index in [9.17, 15) is 4.79 Å². The van der Waals surface area contributed by atoms with Gasteiger partial charge < -0.3 is 5.11 Å². The van der Waals surface area contributed by atoms with Gasteiger partial charge in [-0.2, -0.15) is 5.26 Å². The summed E-state index contributed by atoms with van der Waals surface area (Å²) in [5, 5.41) is 17.5. The second-order valence-corrected chi connectivity index (χ2v) is 6.35. The van der Waals surface area contributed by atoms with Crippen molar-refractivity contribution in [1.82, 2.24) is 0 Å². The SMILES string of the molecule is N#Cc1ccc(Sc2ccc(CC(=O)O)cc2I)cc1. The highest BCUT2D eigenvalue weighted by Gasteiger charge is 2.06. The molecule has 2 aromatic rings. The van der Waals surface area contributed by atoms with E-state index in [2.05, 4.69) is 28.7 Å². The van der Waals surface area contributed by atoms with Gasteiger partial charge in [0.2, 0.25) is 0 Å². The van der Waals surface area contributed by atoms with Crippen LogP contribution in [0.3, 0.4) is 0 Å². The van der Waals surface area contributed by atoms with Gasteiger partial charge in [-0.1, -0.05) is 17.8 Å². The molecular formula is C15H10INO2S. The van der Waals surface area contributed by atoms with Crippen molar-refractivity contribution in [2.45, 2.75) is 16.2 Å². The molecule has 0 heterocycles. The van der Waals surface area contributed by atoms with Crippen molar-refractivity contribution in [3.8, 4) is 6.07 Å². The van der Waals surface area contributed by atoms with Crippen LogP contribution in [0.2, 0.25) is 0 Å². The Kier molecular flexibility index (Phi) is 5.04. The monoisotopic (exact) mass is 395 g/mol. The number of carboxylic acids is 1. The second-order valence-electron chi connectivity index (χ2n) is 4.07. The Balaban J connectivity index is 2.16. The number of nitriles is 1. The summed E-state index contributed by atoms with van der Waals surface area (Å²) in [7, 11) is 0. The summed E-state index contributed by atoms with van der Waals surface area (Å²) in [4.78, 5) is 12.8. The number of rotatable bonds is 4. The third-order valence-corrected chi connectivity index (χ3v) is 4.91. The number of halogens is 1. The predicted molar refractivity (Wildman–Crippen MR) is 85.8 cm³/mol. The maximum Gasteiger partial charge on any atom is 0.307 e. The maximum atomic E-state index is 10.7. The van der Waals surface area contributed by atoms with E-state index in [0.29, 0.717) is 5.56 Å². The molecular weight excluding hydrogens is 385 g/mol. The molecule has 2 rings (SSSR count). The first-order valence-corrected chi connectivity index (χ1v) is 7.66. The van der Waals surface area contributed by atoms with Gasteiger partial charge in [0.05, 0.1) is 18.1 Å². The van der Waals surface area contributed by atoms with Crippen LogP contribution in [-0.2, 0) is 11.2 Å². The van der Waals surface area contributed by atoms with Crippen LogP contribution < -0.4 is 0 Å². The summed E-state index contributed by atoms with van der Waals surface area (Å²) in [6, 6.07) is 15.1. The summed E-state index contributed by atoms with van der Waals surface area (Å²) in [6.45, 7) is 0. The molecule has 100 valence electrons. The van der Waals surface area contributed by atoms with Crippen LogP contribution in [0.15, 0.2) is 52.3 Å². The van der Waals surface area contributed by atoms with Gasteiger partial charge in [0, 0.05) is 13.4 Å². The van der Waals surface area contributed by atoms with Crippen molar-refractivity contribution in [3.63, 3.8) is 0 Å². The standard InChI is InChI=1S/C15H10INO2S/c16-13-7-11(8-15(18)19)3-6-14(13)20-12-4-1-10(9-17)2-5-12/h1-7H,8H2,(H,18,19). The summed E-state index contributed by atoms with van der Waals surface area (Å²) >= 11 is 3.80. The van der Waals surface area contributed by atoms with Gasteiger partial charge in [0.25, 0.3) is 0 Å². The normalized spacial score (nSPS) is 10.0. The fourth-order valence-electron chi connectivity index (χ4n) is 1.64. The van der Waals surface area contributed by atoms with Gasteiger partial charge in [-0.15, -0.1) is 0 Å². The molecule has 0 amide bonds. The molecule has 0 atom stereocenters. The maximum absolute atomic E-state index is 10.7. The smallest absolute Gasteiger partial charge is 0.307 e. The molecule has 1 N–H and O–H groups in total. The van der Waals surface area contributed by atoms with E-state index in [1.165, 1.54) is 0 Å². The largest absolute Gasteiger partial charge is 0.481 e. The highest BCUT2D eigenvalue weighted by molar-refractivity contribution is 14.1. The molecule has 0 aliphatic carbocycles. The van der Waals surface area contributed by atoms with Crippen LogP contribution >= 0.6 is 34.4 Å². The van der Waals surface area contributed by atoms with E-state index in [0.717, 1.165) is 18.9 Å². The van der Waals surface area contributed by atoms with E-state index >= 15 is 0 Å². The van der Waals surface area contributed by atoms with Crippen molar-refractivity contribution < 1.29 is 9.90 Å². The van der Waals surface area contributed by atoms with E-state index < -0.39 is 5.97 Å². The molecule has 0 aliphatic heterocycles.